The monoisotopic (exact) mass is 440 g/mol. The van der Waals surface area contributed by atoms with E-state index in [-0.39, 0.29) is 41.8 Å². The standard InChI is InChI=1S/C15H28N4O3.HI/c1-5-22-14(21)12-7-10-19(11-8-12)15(16-2)17-9-6-13(20)18(3)4;/h12H,5-11H2,1-4H3,(H,16,17);1H. The van der Waals surface area contributed by atoms with E-state index in [1.807, 2.05) is 6.92 Å². The maximum atomic E-state index is 11.7. The number of nitrogens with one attached hydrogen (secondary N) is 1. The van der Waals surface area contributed by atoms with E-state index in [1.54, 1.807) is 26.0 Å². The minimum atomic E-state index is -0.0957. The zero-order chi connectivity index (χ0) is 16.5. The molecule has 1 aliphatic heterocycles. The first-order chi connectivity index (χ1) is 10.5. The van der Waals surface area contributed by atoms with E-state index < -0.39 is 0 Å². The van der Waals surface area contributed by atoms with E-state index >= 15 is 0 Å². The van der Waals surface area contributed by atoms with Gasteiger partial charge >= 0.3 is 5.97 Å². The fraction of sp³-hybridized carbons (Fsp3) is 0.800. The molecule has 1 N–H and O–H groups in total. The number of nitrogens with zero attached hydrogens (tertiary/aromatic N) is 3. The summed E-state index contributed by atoms with van der Waals surface area (Å²) in [5.74, 6) is 0.768. The molecule has 0 radical (unpaired) electrons. The van der Waals surface area contributed by atoms with E-state index in [4.69, 9.17) is 4.74 Å². The molecule has 0 aliphatic carbocycles. The summed E-state index contributed by atoms with van der Waals surface area (Å²) in [4.78, 5) is 31.2. The van der Waals surface area contributed by atoms with Crippen LogP contribution in [0.25, 0.3) is 0 Å². The highest BCUT2D eigenvalue weighted by molar-refractivity contribution is 14.0. The number of aliphatic imine (C=N–C) groups is 1. The predicted molar refractivity (Wildman–Crippen MR) is 101 cm³/mol. The van der Waals surface area contributed by atoms with Crippen LogP contribution < -0.4 is 5.32 Å². The molecule has 8 heteroatoms. The summed E-state index contributed by atoms with van der Waals surface area (Å²) >= 11 is 0. The molecular weight excluding hydrogens is 411 g/mol. The van der Waals surface area contributed by atoms with Crippen molar-refractivity contribution in [2.45, 2.75) is 26.2 Å². The first kappa shape index (κ1) is 21.9. The van der Waals surface area contributed by atoms with Gasteiger partial charge in [-0.3, -0.25) is 14.6 Å². The summed E-state index contributed by atoms with van der Waals surface area (Å²) in [7, 11) is 5.22. The van der Waals surface area contributed by atoms with Gasteiger partial charge in [0.2, 0.25) is 5.91 Å². The van der Waals surface area contributed by atoms with Gasteiger partial charge in [-0.15, -0.1) is 24.0 Å². The SMILES string of the molecule is CCOC(=O)C1CCN(C(=NC)NCCC(=O)N(C)C)CC1.I. The Morgan fingerprint density at radius 1 is 1.30 bits per heavy atom. The van der Waals surface area contributed by atoms with Crippen molar-refractivity contribution in [3.05, 3.63) is 0 Å². The first-order valence-corrected chi connectivity index (χ1v) is 7.82. The second kappa shape index (κ2) is 11.5. The zero-order valence-corrected chi connectivity index (χ0v) is 16.8. The molecule has 7 nitrogen and oxygen atoms in total. The van der Waals surface area contributed by atoms with Crippen molar-refractivity contribution in [3.8, 4) is 0 Å². The number of halogens is 1. The van der Waals surface area contributed by atoms with Crippen molar-refractivity contribution in [2.24, 2.45) is 10.9 Å². The molecule has 0 atom stereocenters. The molecule has 0 aromatic heterocycles. The molecule has 1 saturated heterocycles. The number of hydrogen-bond donors (Lipinski definition) is 1. The lowest BCUT2D eigenvalue weighted by atomic mass is 9.97. The minimum absolute atomic E-state index is 0. The normalized spacial score (nSPS) is 15.7. The lowest BCUT2D eigenvalue weighted by Crippen LogP contribution is -2.47. The van der Waals surface area contributed by atoms with Gasteiger partial charge in [0, 0.05) is 47.2 Å². The second-order valence-corrected chi connectivity index (χ2v) is 5.53. The first-order valence-electron chi connectivity index (χ1n) is 7.82. The highest BCUT2D eigenvalue weighted by atomic mass is 127. The van der Waals surface area contributed by atoms with Gasteiger partial charge in [-0.05, 0) is 19.8 Å². The highest BCUT2D eigenvalue weighted by Gasteiger charge is 2.27. The number of rotatable bonds is 5. The molecule has 1 rings (SSSR count). The van der Waals surface area contributed by atoms with Crippen LogP contribution in [0.4, 0.5) is 0 Å². The Morgan fingerprint density at radius 3 is 2.39 bits per heavy atom. The molecule has 0 saturated carbocycles. The topological polar surface area (TPSA) is 74.2 Å². The van der Waals surface area contributed by atoms with Gasteiger partial charge in [-0.25, -0.2) is 0 Å². The number of guanidine groups is 1. The van der Waals surface area contributed by atoms with Gasteiger partial charge in [0.1, 0.15) is 0 Å². The number of carbonyl (C=O) groups excluding carboxylic acids is 2. The van der Waals surface area contributed by atoms with Gasteiger partial charge < -0.3 is 19.9 Å². The molecule has 0 bridgehead atoms. The average molecular weight is 440 g/mol. The van der Waals surface area contributed by atoms with Crippen LogP contribution in [0.2, 0.25) is 0 Å². The molecule has 0 aromatic rings. The second-order valence-electron chi connectivity index (χ2n) is 5.53. The fourth-order valence-electron chi connectivity index (χ4n) is 2.42. The Balaban J connectivity index is 0.00000484. The molecular formula is C15H29IN4O3. The van der Waals surface area contributed by atoms with Crippen LogP contribution in [0, 0.1) is 5.92 Å². The molecule has 134 valence electrons. The number of hydrogen-bond acceptors (Lipinski definition) is 4. The van der Waals surface area contributed by atoms with Crippen LogP contribution in [-0.2, 0) is 14.3 Å². The number of amides is 1. The van der Waals surface area contributed by atoms with E-state index in [9.17, 15) is 9.59 Å². The molecule has 0 aromatic carbocycles. The third-order valence-electron chi connectivity index (χ3n) is 3.75. The van der Waals surface area contributed by atoms with Crippen molar-refractivity contribution in [3.63, 3.8) is 0 Å². The van der Waals surface area contributed by atoms with Crippen LogP contribution >= 0.6 is 24.0 Å². The number of piperidine rings is 1. The van der Waals surface area contributed by atoms with E-state index in [2.05, 4.69) is 15.2 Å². The molecule has 0 unspecified atom stereocenters. The predicted octanol–water partition coefficient (Wildman–Crippen LogP) is 0.933. The fourth-order valence-corrected chi connectivity index (χ4v) is 2.42. The van der Waals surface area contributed by atoms with Crippen molar-refractivity contribution in [2.75, 3.05) is 47.4 Å². The highest BCUT2D eigenvalue weighted by Crippen LogP contribution is 2.18. The maximum absolute atomic E-state index is 11.7. The number of esters is 1. The molecule has 1 aliphatic rings. The third-order valence-corrected chi connectivity index (χ3v) is 3.75. The van der Waals surface area contributed by atoms with E-state index in [0.29, 0.717) is 19.6 Å². The van der Waals surface area contributed by atoms with Crippen molar-refractivity contribution in [1.29, 1.82) is 0 Å². The summed E-state index contributed by atoms with van der Waals surface area (Å²) in [6.45, 7) is 4.35. The zero-order valence-electron chi connectivity index (χ0n) is 14.5. The summed E-state index contributed by atoms with van der Waals surface area (Å²) in [5.41, 5.74) is 0. The van der Waals surface area contributed by atoms with Gasteiger partial charge in [-0.1, -0.05) is 0 Å². The van der Waals surface area contributed by atoms with Crippen LogP contribution in [0.3, 0.4) is 0 Å². The average Bonchev–Trinajstić information content (AvgIpc) is 2.51. The van der Waals surface area contributed by atoms with Crippen molar-refractivity contribution >= 4 is 41.8 Å². The van der Waals surface area contributed by atoms with Crippen molar-refractivity contribution in [1.82, 2.24) is 15.1 Å². The van der Waals surface area contributed by atoms with Gasteiger partial charge in [-0.2, -0.15) is 0 Å². The smallest absolute Gasteiger partial charge is 0.309 e. The lowest BCUT2D eigenvalue weighted by Gasteiger charge is -2.33. The molecule has 1 heterocycles. The largest absolute Gasteiger partial charge is 0.466 e. The van der Waals surface area contributed by atoms with Gasteiger partial charge in [0.05, 0.1) is 12.5 Å². The third kappa shape index (κ3) is 7.36. The Labute approximate surface area is 155 Å². The Hall–Kier alpha value is -1.06. The molecule has 23 heavy (non-hydrogen) atoms. The Bertz CT molecular complexity index is 408. The van der Waals surface area contributed by atoms with Crippen LogP contribution in [-0.4, -0.2) is 75.0 Å². The maximum Gasteiger partial charge on any atom is 0.309 e. The summed E-state index contributed by atoms with van der Waals surface area (Å²) < 4.78 is 5.07. The molecule has 1 fully saturated rings. The Kier molecular flexibility index (Phi) is 10.9. The lowest BCUT2D eigenvalue weighted by molar-refractivity contribution is -0.149. The van der Waals surface area contributed by atoms with E-state index in [1.165, 1.54) is 0 Å². The number of carbonyl (C=O) groups is 2. The van der Waals surface area contributed by atoms with Crippen LogP contribution in [0.1, 0.15) is 26.2 Å². The van der Waals surface area contributed by atoms with Gasteiger partial charge in [0.15, 0.2) is 5.96 Å². The molecule has 0 spiro atoms. The van der Waals surface area contributed by atoms with E-state index in [0.717, 1.165) is 31.9 Å². The minimum Gasteiger partial charge on any atom is -0.466 e. The Morgan fingerprint density at radius 2 is 1.91 bits per heavy atom. The molecule has 1 amide bonds. The summed E-state index contributed by atoms with van der Waals surface area (Å²) in [6.07, 6.45) is 1.98. The summed E-state index contributed by atoms with van der Waals surface area (Å²) in [5, 5.41) is 3.21. The number of ether oxygens (including phenoxy) is 1. The van der Waals surface area contributed by atoms with Crippen LogP contribution in [0.15, 0.2) is 4.99 Å². The van der Waals surface area contributed by atoms with Crippen molar-refractivity contribution < 1.29 is 14.3 Å². The quantitative estimate of drug-likeness (QED) is 0.298. The van der Waals surface area contributed by atoms with Crippen LogP contribution in [0.5, 0.6) is 0 Å². The van der Waals surface area contributed by atoms with Gasteiger partial charge in [0.25, 0.3) is 0 Å². The summed E-state index contributed by atoms with van der Waals surface area (Å²) in [6, 6.07) is 0. The number of likely N-dealkylation sites (tertiary alicyclic amines) is 1.